The molecule has 2 rings (SSSR count). The van der Waals surface area contributed by atoms with Gasteiger partial charge in [-0.25, -0.2) is 17.5 Å². The molecular formula is C14H18FNO5S. The van der Waals surface area contributed by atoms with Gasteiger partial charge in [0.15, 0.2) is 0 Å². The molecule has 8 heteroatoms. The first kappa shape index (κ1) is 16.9. The maximum absolute atomic E-state index is 13.5. The van der Waals surface area contributed by atoms with Crippen LogP contribution in [-0.2, 0) is 24.3 Å². The van der Waals surface area contributed by atoms with E-state index in [9.17, 15) is 17.6 Å². The Labute approximate surface area is 128 Å². The van der Waals surface area contributed by atoms with Crippen molar-refractivity contribution in [2.45, 2.75) is 36.9 Å². The van der Waals surface area contributed by atoms with E-state index in [-0.39, 0.29) is 12.7 Å². The van der Waals surface area contributed by atoms with E-state index in [0.717, 1.165) is 25.0 Å². The van der Waals surface area contributed by atoms with Gasteiger partial charge in [0.25, 0.3) is 15.9 Å². The van der Waals surface area contributed by atoms with Crippen molar-refractivity contribution in [3.05, 3.63) is 30.1 Å². The summed E-state index contributed by atoms with van der Waals surface area (Å²) in [5.74, 6) is -1.77. The number of amides is 1. The predicted octanol–water partition coefficient (Wildman–Crippen LogP) is 1.21. The molecule has 0 unspecified atom stereocenters. The average Bonchev–Trinajstić information content (AvgIpc) is 2.97. The molecule has 122 valence electrons. The Morgan fingerprint density at radius 1 is 1.50 bits per heavy atom. The standard InChI is InChI=1S/C14H18FNO5S/c1-10(21-9-11-5-4-8-20-11)14(17)16-22(18,19)13-7-3-2-6-12(13)15/h2-3,6-7,10-11H,4-5,8-9H2,1H3,(H,16,17)/t10-,11-/m1/s1. The third-order valence-corrected chi connectivity index (χ3v) is 4.67. The van der Waals surface area contributed by atoms with E-state index in [1.54, 1.807) is 0 Å². The molecule has 1 aromatic carbocycles. The molecule has 1 aliphatic heterocycles. The average molecular weight is 331 g/mol. The SMILES string of the molecule is C[C@@H](OC[C@H]1CCCO1)C(=O)NS(=O)(=O)c1ccccc1F. The van der Waals surface area contributed by atoms with E-state index in [1.807, 2.05) is 4.72 Å². The van der Waals surface area contributed by atoms with Gasteiger partial charge in [-0.15, -0.1) is 0 Å². The second kappa shape index (κ2) is 7.17. The van der Waals surface area contributed by atoms with Crippen molar-refractivity contribution in [1.29, 1.82) is 0 Å². The predicted molar refractivity (Wildman–Crippen MR) is 76.1 cm³/mol. The van der Waals surface area contributed by atoms with Crippen LogP contribution in [0.3, 0.4) is 0 Å². The highest BCUT2D eigenvalue weighted by Gasteiger charge is 2.25. The second-order valence-electron chi connectivity index (χ2n) is 5.01. The fraction of sp³-hybridized carbons (Fsp3) is 0.500. The maximum Gasteiger partial charge on any atom is 0.267 e. The van der Waals surface area contributed by atoms with Crippen molar-refractivity contribution in [1.82, 2.24) is 4.72 Å². The molecule has 0 bridgehead atoms. The molecule has 0 radical (unpaired) electrons. The lowest BCUT2D eigenvalue weighted by Crippen LogP contribution is -2.39. The highest BCUT2D eigenvalue weighted by atomic mass is 32.2. The highest BCUT2D eigenvalue weighted by molar-refractivity contribution is 7.90. The maximum atomic E-state index is 13.5. The molecule has 1 heterocycles. The van der Waals surface area contributed by atoms with Crippen LogP contribution in [-0.4, -0.2) is 39.7 Å². The Balaban J connectivity index is 1.93. The molecule has 6 nitrogen and oxygen atoms in total. The quantitative estimate of drug-likeness (QED) is 0.847. The highest BCUT2D eigenvalue weighted by Crippen LogP contribution is 2.15. The summed E-state index contributed by atoms with van der Waals surface area (Å²) in [4.78, 5) is 11.3. The van der Waals surface area contributed by atoms with Crippen molar-refractivity contribution in [2.75, 3.05) is 13.2 Å². The number of benzene rings is 1. The van der Waals surface area contributed by atoms with Crippen molar-refractivity contribution in [3.63, 3.8) is 0 Å². The summed E-state index contributed by atoms with van der Waals surface area (Å²) >= 11 is 0. The number of carbonyl (C=O) groups excluding carboxylic acids is 1. The van der Waals surface area contributed by atoms with Crippen molar-refractivity contribution >= 4 is 15.9 Å². The molecule has 1 aromatic rings. The zero-order valence-corrected chi connectivity index (χ0v) is 12.9. The van der Waals surface area contributed by atoms with Gasteiger partial charge < -0.3 is 9.47 Å². The number of hydrogen-bond acceptors (Lipinski definition) is 5. The second-order valence-corrected chi connectivity index (χ2v) is 6.66. The summed E-state index contributed by atoms with van der Waals surface area (Å²) in [5.41, 5.74) is 0. The number of nitrogens with one attached hydrogen (secondary N) is 1. The molecule has 0 aromatic heterocycles. The molecule has 1 aliphatic rings. The van der Waals surface area contributed by atoms with E-state index >= 15 is 0 Å². The first-order chi connectivity index (χ1) is 10.4. The van der Waals surface area contributed by atoms with Gasteiger partial charge in [0, 0.05) is 6.61 Å². The Kier molecular flexibility index (Phi) is 5.49. The van der Waals surface area contributed by atoms with Crippen LogP contribution in [0.5, 0.6) is 0 Å². The smallest absolute Gasteiger partial charge is 0.267 e. The van der Waals surface area contributed by atoms with Gasteiger partial charge >= 0.3 is 0 Å². The Hall–Kier alpha value is -1.51. The van der Waals surface area contributed by atoms with Crippen molar-refractivity contribution in [3.8, 4) is 0 Å². The first-order valence-electron chi connectivity index (χ1n) is 6.94. The van der Waals surface area contributed by atoms with E-state index in [2.05, 4.69) is 0 Å². The minimum absolute atomic E-state index is 0.0709. The van der Waals surface area contributed by atoms with E-state index in [0.29, 0.717) is 6.61 Å². The minimum Gasteiger partial charge on any atom is -0.376 e. The summed E-state index contributed by atoms with van der Waals surface area (Å²) in [6.07, 6.45) is 0.738. The number of halogens is 1. The van der Waals surface area contributed by atoms with Gasteiger partial charge in [-0.2, -0.15) is 0 Å². The number of hydrogen-bond donors (Lipinski definition) is 1. The molecule has 22 heavy (non-hydrogen) atoms. The summed E-state index contributed by atoms with van der Waals surface area (Å²) in [7, 11) is -4.26. The number of carbonyl (C=O) groups is 1. The lowest BCUT2D eigenvalue weighted by atomic mass is 10.2. The van der Waals surface area contributed by atoms with Gasteiger partial charge in [-0.1, -0.05) is 12.1 Å². The first-order valence-corrected chi connectivity index (χ1v) is 8.43. The van der Waals surface area contributed by atoms with Crippen LogP contribution in [0, 0.1) is 5.82 Å². The Morgan fingerprint density at radius 3 is 2.86 bits per heavy atom. The fourth-order valence-electron chi connectivity index (χ4n) is 2.04. The molecular weight excluding hydrogens is 313 g/mol. The van der Waals surface area contributed by atoms with Crippen molar-refractivity contribution in [2.24, 2.45) is 0 Å². The largest absolute Gasteiger partial charge is 0.376 e. The molecule has 0 aliphatic carbocycles. The molecule has 0 saturated carbocycles. The minimum atomic E-state index is -4.26. The van der Waals surface area contributed by atoms with Crippen LogP contribution in [0.4, 0.5) is 4.39 Å². The van der Waals surface area contributed by atoms with Crippen LogP contribution < -0.4 is 4.72 Å². The number of sulfonamides is 1. The van der Waals surface area contributed by atoms with Gasteiger partial charge in [-0.3, -0.25) is 4.79 Å². The Morgan fingerprint density at radius 2 is 2.23 bits per heavy atom. The monoisotopic (exact) mass is 331 g/mol. The summed E-state index contributed by atoms with van der Waals surface area (Å²) < 4.78 is 49.9. The lowest BCUT2D eigenvalue weighted by molar-refractivity contribution is -0.131. The molecule has 1 fully saturated rings. The molecule has 2 atom stereocenters. The topological polar surface area (TPSA) is 81.7 Å². The molecule has 0 spiro atoms. The number of ether oxygens (including phenoxy) is 2. The van der Waals surface area contributed by atoms with Crippen LogP contribution in [0.2, 0.25) is 0 Å². The van der Waals surface area contributed by atoms with E-state index in [4.69, 9.17) is 9.47 Å². The van der Waals surface area contributed by atoms with Crippen molar-refractivity contribution < 1.29 is 27.1 Å². The zero-order valence-electron chi connectivity index (χ0n) is 12.1. The van der Waals surface area contributed by atoms with Gasteiger partial charge in [0.2, 0.25) is 0 Å². The Bertz CT molecular complexity index is 628. The summed E-state index contributed by atoms with van der Waals surface area (Å²) in [6.45, 7) is 2.31. The van der Waals surface area contributed by atoms with Gasteiger partial charge in [0.05, 0.1) is 12.7 Å². The summed E-state index contributed by atoms with van der Waals surface area (Å²) in [5, 5.41) is 0. The number of rotatable bonds is 6. The molecule has 1 N–H and O–H groups in total. The van der Waals surface area contributed by atoms with E-state index in [1.165, 1.54) is 19.1 Å². The normalized spacial score (nSPS) is 19.8. The van der Waals surface area contributed by atoms with Crippen LogP contribution in [0.25, 0.3) is 0 Å². The van der Waals surface area contributed by atoms with Crippen LogP contribution in [0.1, 0.15) is 19.8 Å². The third kappa shape index (κ3) is 4.25. The van der Waals surface area contributed by atoms with Gasteiger partial charge in [-0.05, 0) is 31.9 Å². The lowest BCUT2D eigenvalue weighted by Gasteiger charge is -2.16. The third-order valence-electron chi connectivity index (χ3n) is 3.29. The molecule has 1 saturated heterocycles. The van der Waals surface area contributed by atoms with E-state index < -0.39 is 32.7 Å². The van der Waals surface area contributed by atoms with Crippen LogP contribution in [0.15, 0.2) is 29.2 Å². The van der Waals surface area contributed by atoms with Crippen LogP contribution >= 0.6 is 0 Å². The summed E-state index contributed by atoms with van der Waals surface area (Å²) in [6, 6.07) is 4.84. The fourth-order valence-corrected chi connectivity index (χ4v) is 3.16. The van der Waals surface area contributed by atoms with Gasteiger partial charge in [0.1, 0.15) is 16.8 Å². The zero-order chi connectivity index (χ0) is 16.2. The molecule has 1 amide bonds.